The van der Waals surface area contributed by atoms with Crippen LogP contribution in [0, 0.1) is 13.8 Å². The Morgan fingerprint density at radius 2 is 1.96 bits per heavy atom. The van der Waals surface area contributed by atoms with E-state index in [0.29, 0.717) is 6.42 Å². The summed E-state index contributed by atoms with van der Waals surface area (Å²) in [6, 6.07) is 14.8. The average Bonchev–Trinajstić information content (AvgIpc) is 2.99. The molecule has 0 fully saturated rings. The van der Waals surface area contributed by atoms with Crippen LogP contribution in [-0.2, 0) is 17.1 Å². The number of benzene rings is 2. The first kappa shape index (κ1) is 19.9. The van der Waals surface area contributed by atoms with Gasteiger partial charge in [0, 0.05) is 18.7 Å². The largest absolute Gasteiger partial charge is 0.317 e. The number of amides is 1. The number of thioether (sulfide) groups is 1. The predicted octanol–water partition coefficient (Wildman–Crippen LogP) is 5.48. The lowest BCUT2D eigenvalue weighted by Crippen LogP contribution is -2.15. The highest BCUT2D eigenvalue weighted by atomic mass is 32.2. The molecule has 27 heavy (non-hydrogen) atoms. The standard InChI is InChI=1S/C22H26N2OS2/c1-4-24-19-14-16(2)13-17(3)21(19)27-22(24)23-20(25)11-8-12-26-15-18-9-6-5-7-10-18/h5-7,9-10,13-14H,4,8,11-12,15H2,1-3H3. The molecule has 3 aromatic rings. The number of fused-ring (bicyclic) bond motifs is 1. The van der Waals surface area contributed by atoms with Crippen LogP contribution in [-0.4, -0.2) is 16.2 Å². The van der Waals surface area contributed by atoms with Crippen molar-refractivity contribution in [3.63, 3.8) is 0 Å². The molecule has 2 aromatic carbocycles. The van der Waals surface area contributed by atoms with E-state index < -0.39 is 0 Å². The normalized spacial score (nSPS) is 12.0. The highest BCUT2D eigenvalue weighted by Gasteiger charge is 2.09. The molecule has 0 N–H and O–H groups in total. The van der Waals surface area contributed by atoms with E-state index in [9.17, 15) is 4.79 Å². The van der Waals surface area contributed by atoms with Crippen LogP contribution in [0.25, 0.3) is 10.2 Å². The molecule has 0 saturated heterocycles. The molecule has 0 unspecified atom stereocenters. The number of carbonyl (C=O) groups is 1. The molecule has 0 bridgehead atoms. The Balaban J connectivity index is 1.62. The van der Waals surface area contributed by atoms with Gasteiger partial charge in [-0.1, -0.05) is 47.7 Å². The van der Waals surface area contributed by atoms with Gasteiger partial charge in [0.05, 0.1) is 10.2 Å². The first-order valence-corrected chi connectivity index (χ1v) is 11.4. The number of aryl methyl sites for hydroxylation is 3. The smallest absolute Gasteiger partial charge is 0.248 e. The van der Waals surface area contributed by atoms with Crippen LogP contribution in [0.5, 0.6) is 0 Å². The second kappa shape index (κ2) is 9.38. The minimum absolute atomic E-state index is 0.0153. The summed E-state index contributed by atoms with van der Waals surface area (Å²) in [6.45, 7) is 7.16. The van der Waals surface area contributed by atoms with Crippen molar-refractivity contribution in [1.82, 2.24) is 4.57 Å². The molecule has 0 atom stereocenters. The molecule has 1 heterocycles. The topological polar surface area (TPSA) is 34.4 Å². The fourth-order valence-corrected chi connectivity index (χ4v) is 5.24. The molecular formula is C22H26N2OS2. The lowest BCUT2D eigenvalue weighted by molar-refractivity contribution is -0.118. The second-order valence-corrected chi connectivity index (χ2v) is 8.79. The highest BCUT2D eigenvalue weighted by molar-refractivity contribution is 7.98. The van der Waals surface area contributed by atoms with Gasteiger partial charge in [-0.15, -0.1) is 0 Å². The second-order valence-electron chi connectivity index (χ2n) is 6.71. The number of rotatable bonds is 7. The van der Waals surface area contributed by atoms with E-state index in [0.717, 1.165) is 29.3 Å². The third kappa shape index (κ3) is 5.11. The molecule has 0 radical (unpaired) electrons. The summed E-state index contributed by atoms with van der Waals surface area (Å²) in [5.41, 5.74) is 5.01. The van der Waals surface area contributed by atoms with Crippen molar-refractivity contribution in [2.75, 3.05) is 5.75 Å². The number of hydrogen-bond donors (Lipinski definition) is 0. The fraction of sp³-hybridized carbons (Fsp3) is 0.364. The van der Waals surface area contributed by atoms with Crippen molar-refractivity contribution in [3.05, 3.63) is 64.0 Å². The summed E-state index contributed by atoms with van der Waals surface area (Å²) in [5, 5.41) is 0. The maximum atomic E-state index is 12.4. The van der Waals surface area contributed by atoms with Gasteiger partial charge in [0.2, 0.25) is 5.91 Å². The molecule has 0 spiro atoms. The number of aromatic nitrogens is 1. The van der Waals surface area contributed by atoms with Crippen molar-refractivity contribution in [2.45, 2.75) is 45.9 Å². The van der Waals surface area contributed by atoms with Gasteiger partial charge in [-0.2, -0.15) is 16.8 Å². The van der Waals surface area contributed by atoms with E-state index in [1.807, 2.05) is 17.8 Å². The summed E-state index contributed by atoms with van der Waals surface area (Å²) in [6.07, 6.45) is 1.38. The van der Waals surface area contributed by atoms with Gasteiger partial charge in [-0.25, -0.2) is 0 Å². The third-order valence-electron chi connectivity index (χ3n) is 4.44. The Kier molecular flexibility index (Phi) is 6.91. The summed E-state index contributed by atoms with van der Waals surface area (Å²) in [7, 11) is 0. The molecular weight excluding hydrogens is 372 g/mol. The van der Waals surface area contributed by atoms with E-state index in [-0.39, 0.29) is 5.91 Å². The van der Waals surface area contributed by atoms with Crippen molar-refractivity contribution in [1.29, 1.82) is 0 Å². The molecule has 0 aliphatic carbocycles. The number of thiazole rings is 1. The number of carbonyl (C=O) groups excluding carboxylic acids is 1. The first-order valence-electron chi connectivity index (χ1n) is 9.38. The van der Waals surface area contributed by atoms with Crippen molar-refractivity contribution >= 4 is 39.2 Å². The number of nitrogens with zero attached hydrogens (tertiary/aromatic N) is 2. The monoisotopic (exact) mass is 398 g/mol. The quantitative estimate of drug-likeness (QED) is 0.494. The highest BCUT2D eigenvalue weighted by Crippen LogP contribution is 2.23. The van der Waals surface area contributed by atoms with Crippen LogP contribution in [0.2, 0.25) is 0 Å². The maximum absolute atomic E-state index is 12.4. The van der Waals surface area contributed by atoms with E-state index in [2.05, 4.69) is 66.7 Å². The zero-order valence-corrected chi connectivity index (χ0v) is 17.8. The summed E-state index contributed by atoms with van der Waals surface area (Å²) in [4.78, 5) is 17.6. The summed E-state index contributed by atoms with van der Waals surface area (Å²) >= 11 is 3.50. The van der Waals surface area contributed by atoms with Gasteiger partial charge in [0.1, 0.15) is 0 Å². The van der Waals surface area contributed by atoms with E-state index in [4.69, 9.17) is 0 Å². The number of hydrogen-bond acceptors (Lipinski definition) is 3. The molecule has 0 aliphatic rings. The van der Waals surface area contributed by atoms with Crippen LogP contribution in [0.4, 0.5) is 0 Å². The minimum Gasteiger partial charge on any atom is -0.317 e. The maximum Gasteiger partial charge on any atom is 0.248 e. The Morgan fingerprint density at radius 1 is 1.19 bits per heavy atom. The lowest BCUT2D eigenvalue weighted by Gasteiger charge is -2.03. The third-order valence-corrected chi connectivity index (χ3v) is 6.79. The zero-order valence-electron chi connectivity index (χ0n) is 16.2. The van der Waals surface area contributed by atoms with Crippen molar-refractivity contribution in [3.8, 4) is 0 Å². The van der Waals surface area contributed by atoms with Crippen LogP contribution < -0.4 is 4.80 Å². The van der Waals surface area contributed by atoms with Crippen molar-refractivity contribution < 1.29 is 4.79 Å². The van der Waals surface area contributed by atoms with Crippen LogP contribution in [0.1, 0.15) is 36.5 Å². The molecule has 1 amide bonds. The fourth-order valence-electron chi connectivity index (χ4n) is 3.16. The van der Waals surface area contributed by atoms with Crippen molar-refractivity contribution in [2.24, 2.45) is 4.99 Å². The van der Waals surface area contributed by atoms with E-state index in [1.54, 1.807) is 11.3 Å². The Hall–Kier alpha value is -1.85. The van der Waals surface area contributed by atoms with Crippen LogP contribution >= 0.6 is 23.1 Å². The predicted molar refractivity (Wildman–Crippen MR) is 117 cm³/mol. The van der Waals surface area contributed by atoms with E-state index in [1.165, 1.54) is 26.9 Å². The zero-order chi connectivity index (χ0) is 19.2. The average molecular weight is 399 g/mol. The molecule has 142 valence electrons. The van der Waals surface area contributed by atoms with Gasteiger partial charge in [0.15, 0.2) is 4.80 Å². The molecule has 3 rings (SSSR count). The molecule has 5 heteroatoms. The lowest BCUT2D eigenvalue weighted by atomic mass is 10.1. The van der Waals surface area contributed by atoms with Crippen LogP contribution in [0.3, 0.4) is 0 Å². The molecule has 1 aromatic heterocycles. The molecule has 3 nitrogen and oxygen atoms in total. The van der Waals surface area contributed by atoms with Gasteiger partial charge >= 0.3 is 0 Å². The Morgan fingerprint density at radius 3 is 2.70 bits per heavy atom. The Labute approximate surface area is 169 Å². The SMILES string of the molecule is CCn1c(=NC(=O)CCCSCc2ccccc2)sc2c(C)cc(C)cc21. The molecule has 0 saturated carbocycles. The van der Waals surface area contributed by atoms with Gasteiger partial charge in [-0.05, 0) is 55.7 Å². The van der Waals surface area contributed by atoms with Gasteiger partial charge in [0.25, 0.3) is 0 Å². The van der Waals surface area contributed by atoms with Gasteiger partial charge < -0.3 is 4.57 Å². The van der Waals surface area contributed by atoms with Gasteiger partial charge in [-0.3, -0.25) is 4.79 Å². The summed E-state index contributed by atoms with van der Waals surface area (Å²) < 4.78 is 3.38. The Bertz CT molecular complexity index is 987. The molecule has 0 aliphatic heterocycles. The van der Waals surface area contributed by atoms with E-state index >= 15 is 0 Å². The summed E-state index contributed by atoms with van der Waals surface area (Å²) in [5.74, 6) is 1.96. The first-order chi connectivity index (χ1) is 13.1. The minimum atomic E-state index is -0.0153. The van der Waals surface area contributed by atoms with Crippen LogP contribution in [0.15, 0.2) is 47.5 Å².